The van der Waals surface area contributed by atoms with Crippen LogP contribution in [0.5, 0.6) is 0 Å². The lowest BCUT2D eigenvalue weighted by Gasteiger charge is -2.30. The van der Waals surface area contributed by atoms with Gasteiger partial charge in [0.25, 0.3) is 0 Å². The first-order valence-corrected chi connectivity index (χ1v) is 5.35. The van der Waals surface area contributed by atoms with Gasteiger partial charge in [-0.1, -0.05) is 6.92 Å². The van der Waals surface area contributed by atoms with E-state index in [1.54, 1.807) is 0 Å². The highest BCUT2D eigenvalue weighted by Gasteiger charge is 2.28. The van der Waals surface area contributed by atoms with Crippen molar-refractivity contribution in [3.63, 3.8) is 0 Å². The molecule has 0 aromatic carbocycles. The Bertz CT molecular complexity index is 256. The monoisotopic (exact) mass is 231 g/mol. The number of hydrogen-bond acceptors (Lipinski definition) is 4. The predicted molar refractivity (Wildman–Crippen MR) is 55.1 cm³/mol. The number of carbonyl (C=O) groups is 2. The zero-order valence-corrected chi connectivity index (χ0v) is 9.35. The minimum atomic E-state index is -1.04. The number of carboxylic acids is 1. The summed E-state index contributed by atoms with van der Waals surface area (Å²) in [6, 6.07) is 0. The SMILES string of the molecule is CCCOCC(=O)N1CCOC(C(=O)O)C1. The van der Waals surface area contributed by atoms with Gasteiger partial charge in [0.15, 0.2) is 6.10 Å². The molecule has 1 amide bonds. The molecule has 0 aromatic heterocycles. The molecule has 1 heterocycles. The molecule has 0 aliphatic carbocycles. The molecule has 0 bridgehead atoms. The quantitative estimate of drug-likeness (QED) is 0.659. The second-order valence-corrected chi connectivity index (χ2v) is 3.59. The van der Waals surface area contributed by atoms with Crippen molar-refractivity contribution in [1.82, 2.24) is 4.90 Å². The van der Waals surface area contributed by atoms with Crippen molar-refractivity contribution >= 4 is 11.9 Å². The minimum Gasteiger partial charge on any atom is -0.479 e. The molecule has 1 N–H and O–H groups in total. The summed E-state index contributed by atoms with van der Waals surface area (Å²) in [5.41, 5.74) is 0. The number of amides is 1. The number of carboxylic acid groups (broad SMARTS) is 1. The van der Waals surface area contributed by atoms with Crippen LogP contribution in [0.1, 0.15) is 13.3 Å². The summed E-state index contributed by atoms with van der Waals surface area (Å²) in [4.78, 5) is 23.8. The first-order chi connectivity index (χ1) is 7.65. The summed E-state index contributed by atoms with van der Waals surface area (Å²) in [5, 5.41) is 8.76. The maximum atomic E-state index is 11.6. The van der Waals surface area contributed by atoms with E-state index in [1.807, 2.05) is 6.92 Å². The molecule has 0 spiro atoms. The van der Waals surface area contributed by atoms with Crippen molar-refractivity contribution in [2.75, 3.05) is 32.9 Å². The first-order valence-electron chi connectivity index (χ1n) is 5.35. The summed E-state index contributed by atoms with van der Waals surface area (Å²) in [7, 11) is 0. The van der Waals surface area contributed by atoms with E-state index in [0.29, 0.717) is 13.2 Å². The molecule has 1 aliphatic heterocycles. The molecule has 1 unspecified atom stereocenters. The van der Waals surface area contributed by atoms with Crippen molar-refractivity contribution < 1.29 is 24.2 Å². The van der Waals surface area contributed by atoms with E-state index in [-0.39, 0.29) is 25.7 Å². The number of ether oxygens (including phenoxy) is 2. The highest BCUT2D eigenvalue weighted by molar-refractivity contribution is 5.79. The molecular formula is C10H17NO5. The third-order valence-electron chi connectivity index (χ3n) is 2.27. The standard InChI is InChI=1S/C10H17NO5/c1-2-4-15-7-9(12)11-3-5-16-8(6-11)10(13)14/h8H,2-7H2,1H3,(H,13,14). The lowest BCUT2D eigenvalue weighted by molar-refractivity contribution is -0.160. The Kier molecular flexibility index (Phi) is 5.21. The Morgan fingerprint density at radius 1 is 1.56 bits per heavy atom. The van der Waals surface area contributed by atoms with Gasteiger partial charge in [-0.3, -0.25) is 4.79 Å². The van der Waals surface area contributed by atoms with Gasteiger partial charge >= 0.3 is 5.97 Å². The fraction of sp³-hybridized carbons (Fsp3) is 0.800. The molecule has 6 heteroatoms. The van der Waals surface area contributed by atoms with E-state index in [1.165, 1.54) is 4.90 Å². The molecule has 0 saturated carbocycles. The minimum absolute atomic E-state index is 0.0141. The summed E-state index contributed by atoms with van der Waals surface area (Å²) in [6.07, 6.45) is -0.0578. The average molecular weight is 231 g/mol. The van der Waals surface area contributed by atoms with E-state index in [9.17, 15) is 9.59 Å². The predicted octanol–water partition coefficient (Wildman–Crippen LogP) is -0.275. The topological polar surface area (TPSA) is 76.1 Å². The van der Waals surface area contributed by atoms with Crippen LogP contribution in [0.15, 0.2) is 0 Å². The van der Waals surface area contributed by atoms with Gasteiger partial charge in [-0.25, -0.2) is 4.79 Å². The van der Waals surface area contributed by atoms with Gasteiger partial charge < -0.3 is 19.5 Å². The second kappa shape index (κ2) is 6.44. The Labute approximate surface area is 94.1 Å². The fourth-order valence-electron chi connectivity index (χ4n) is 1.42. The van der Waals surface area contributed by atoms with Gasteiger partial charge in [0, 0.05) is 13.2 Å². The summed E-state index contributed by atoms with van der Waals surface area (Å²) >= 11 is 0. The van der Waals surface area contributed by atoms with Crippen molar-refractivity contribution in [2.24, 2.45) is 0 Å². The van der Waals surface area contributed by atoms with Crippen LogP contribution in [0, 0.1) is 0 Å². The van der Waals surface area contributed by atoms with Crippen LogP contribution in [-0.2, 0) is 19.1 Å². The molecule has 92 valence electrons. The normalized spacial score (nSPS) is 20.8. The third-order valence-corrected chi connectivity index (χ3v) is 2.27. The molecule has 1 fully saturated rings. The Morgan fingerprint density at radius 3 is 2.94 bits per heavy atom. The summed E-state index contributed by atoms with van der Waals surface area (Å²) < 4.78 is 10.1. The number of carbonyl (C=O) groups excluding carboxylic acids is 1. The largest absolute Gasteiger partial charge is 0.479 e. The lowest BCUT2D eigenvalue weighted by atomic mass is 10.2. The van der Waals surface area contributed by atoms with E-state index in [4.69, 9.17) is 14.6 Å². The molecule has 1 atom stereocenters. The van der Waals surface area contributed by atoms with Gasteiger partial charge in [-0.15, -0.1) is 0 Å². The van der Waals surface area contributed by atoms with Crippen LogP contribution < -0.4 is 0 Å². The van der Waals surface area contributed by atoms with Gasteiger partial charge in [0.05, 0.1) is 13.2 Å². The van der Waals surface area contributed by atoms with Crippen LogP contribution in [0.2, 0.25) is 0 Å². The molecule has 6 nitrogen and oxygen atoms in total. The molecular weight excluding hydrogens is 214 g/mol. The second-order valence-electron chi connectivity index (χ2n) is 3.59. The van der Waals surface area contributed by atoms with E-state index in [0.717, 1.165) is 6.42 Å². The summed E-state index contributed by atoms with van der Waals surface area (Å²) in [5.74, 6) is -1.21. The molecule has 16 heavy (non-hydrogen) atoms. The number of hydrogen-bond donors (Lipinski definition) is 1. The highest BCUT2D eigenvalue weighted by Crippen LogP contribution is 2.05. The number of nitrogens with zero attached hydrogens (tertiary/aromatic N) is 1. The fourth-order valence-corrected chi connectivity index (χ4v) is 1.42. The summed E-state index contributed by atoms with van der Waals surface area (Å²) in [6.45, 7) is 3.30. The van der Waals surface area contributed by atoms with Gasteiger partial charge in [-0.05, 0) is 6.42 Å². The van der Waals surface area contributed by atoms with E-state index in [2.05, 4.69) is 0 Å². The molecule has 0 aromatic rings. The van der Waals surface area contributed by atoms with Crippen LogP contribution in [0.4, 0.5) is 0 Å². The van der Waals surface area contributed by atoms with Crippen LogP contribution in [-0.4, -0.2) is 60.9 Å². The molecule has 0 radical (unpaired) electrons. The van der Waals surface area contributed by atoms with Gasteiger partial charge in [0.1, 0.15) is 6.61 Å². The van der Waals surface area contributed by atoms with E-state index < -0.39 is 12.1 Å². The molecule has 1 aliphatic rings. The third kappa shape index (κ3) is 3.79. The van der Waals surface area contributed by atoms with Crippen molar-refractivity contribution in [3.05, 3.63) is 0 Å². The number of aliphatic carboxylic acids is 1. The average Bonchev–Trinajstić information content (AvgIpc) is 2.29. The molecule has 1 saturated heterocycles. The van der Waals surface area contributed by atoms with Crippen molar-refractivity contribution in [3.8, 4) is 0 Å². The van der Waals surface area contributed by atoms with Gasteiger partial charge in [0.2, 0.25) is 5.91 Å². The van der Waals surface area contributed by atoms with Crippen LogP contribution in [0.25, 0.3) is 0 Å². The Hall–Kier alpha value is -1.14. The lowest BCUT2D eigenvalue weighted by Crippen LogP contribution is -2.49. The first kappa shape index (κ1) is 12.9. The van der Waals surface area contributed by atoms with Gasteiger partial charge in [-0.2, -0.15) is 0 Å². The van der Waals surface area contributed by atoms with Crippen molar-refractivity contribution in [1.29, 1.82) is 0 Å². The Balaban J connectivity index is 2.35. The number of rotatable bonds is 5. The highest BCUT2D eigenvalue weighted by atomic mass is 16.5. The van der Waals surface area contributed by atoms with E-state index >= 15 is 0 Å². The maximum absolute atomic E-state index is 11.6. The van der Waals surface area contributed by atoms with Crippen molar-refractivity contribution in [2.45, 2.75) is 19.4 Å². The maximum Gasteiger partial charge on any atom is 0.334 e. The zero-order valence-electron chi connectivity index (χ0n) is 9.35. The zero-order chi connectivity index (χ0) is 12.0. The smallest absolute Gasteiger partial charge is 0.334 e. The van der Waals surface area contributed by atoms with Crippen LogP contribution >= 0.6 is 0 Å². The molecule has 1 rings (SSSR count). The Morgan fingerprint density at radius 2 is 2.31 bits per heavy atom. The number of morpholine rings is 1. The van der Waals surface area contributed by atoms with Crippen LogP contribution in [0.3, 0.4) is 0 Å².